The highest BCUT2D eigenvalue weighted by molar-refractivity contribution is 5.86. The number of nitrogens with zero attached hydrogens (tertiary/aromatic N) is 2. The van der Waals surface area contributed by atoms with Crippen LogP contribution in [0.3, 0.4) is 0 Å². The van der Waals surface area contributed by atoms with Crippen LogP contribution in [0.25, 0.3) is 11.3 Å². The average Bonchev–Trinajstić information content (AvgIpc) is 2.64. The number of rotatable bonds is 2. The molecule has 0 spiro atoms. The molecule has 14 heavy (non-hydrogen) atoms. The second kappa shape index (κ2) is 3.46. The highest BCUT2D eigenvalue weighted by Gasteiger charge is 2.06. The van der Waals surface area contributed by atoms with Gasteiger partial charge in [-0.25, -0.2) is 0 Å². The zero-order valence-corrected chi connectivity index (χ0v) is 7.84. The zero-order valence-electron chi connectivity index (χ0n) is 7.84. The SMILES string of the molecule is Cn1nccc1-c1ccccc1C=O. The van der Waals surface area contributed by atoms with Crippen LogP contribution >= 0.6 is 0 Å². The lowest BCUT2D eigenvalue weighted by Crippen LogP contribution is -1.95. The van der Waals surface area contributed by atoms with Crippen molar-refractivity contribution >= 4 is 6.29 Å². The molecule has 1 aromatic heterocycles. The van der Waals surface area contributed by atoms with Crippen LogP contribution in [0, 0.1) is 0 Å². The number of hydrogen-bond donors (Lipinski definition) is 0. The summed E-state index contributed by atoms with van der Waals surface area (Å²) in [5.74, 6) is 0. The largest absolute Gasteiger partial charge is 0.298 e. The van der Waals surface area contributed by atoms with Crippen molar-refractivity contribution < 1.29 is 4.79 Å². The lowest BCUT2D eigenvalue weighted by molar-refractivity contribution is 0.112. The molecule has 3 heteroatoms. The molecule has 0 amide bonds. The maximum absolute atomic E-state index is 10.8. The predicted molar refractivity (Wildman–Crippen MR) is 54.0 cm³/mol. The van der Waals surface area contributed by atoms with Gasteiger partial charge >= 0.3 is 0 Å². The zero-order chi connectivity index (χ0) is 9.97. The summed E-state index contributed by atoms with van der Waals surface area (Å²) in [4.78, 5) is 10.8. The van der Waals surface area contributed by atoms with Crippen LogP contribution in [0.5, 0.6) is 0 Å². The fourth-order valence-electron chi connectivity index (χ4n) is 1.47. The van der Waals surface area contributed by atoms with Crippen LogP contribution in [-0.4, -0.2) is 16.1 Å². The van der Waals surface area contributed by atoms with Crippen molar-refractivity contribution in [2.45, 2.75) is 0 Å². The summed E-state index contributed by atoms with van der Waals surface area (Å²) < 4.78 is 1.75. The fourth-order valence-corrected chi connectivity index (χ4v) is 1.47. The molecule has 0 N–H and O–H groups in total. The second-order valence-corrected chi connectivity index (χ2v) is 3.05. The maximum atomic E-state index is 10.8. The molecule has 0 saturated heterocycles. The van der Waals surface area contributed by atoms with E-state index in [0.717, 1.165) is 17.5 Å². The Hall–Kier alpha value is -1.90. The molecule has 0 unspecified atom stereocenters. The number of aldehydes is 1. The highest BCUT2D eigenvalue weighted by Crippen LogP contribution is 2.20. The first-order chi connectivity index (χ1) is 6.83. The van der Waals surface area contributed by atoms with E-state index in [1.54, 1.807) is 16.9 Å². The minimum Gasteiger partial charge on any atom is -0.298 e. The van der Waals surface area contributed by atoms with Gasteiger partial charge in [-0.3, -0.25) is 9.48 Å². The molecule has 0 radical (unpaired) electrons. The molecular formula is C11H10N2O. The van der Waals surface area contributed by atoms with Crippen molar-refractivity contribution in [1.82, 2.24) is 9.78 Å². The van der Waals surface area contributed by atoms with E-state index in [9.17, 15) is 4.79 Å². The van der Waals surface area contributed by atoms with Gasteiger partial charge in [-0.2, -0.15) is 5.10 Å². The summed E-state index contributed by atoms with van der Waals surface area (Å²) in [6, 6.07) is 9.37. The summed E-state index contributed by atoms with van der Waals surface area (Å²) >= 11 is 0. The molecule has 2 aromatic rings. The van der Waals surface area contributed by atoms with E-state index >= 15 is 0 Å². The highest BCUT2D eigenvalue weighted by atomic mass is 16.1. The van der Waals surface area contributed by atoms with Gasteiger partial charge in [0, 0.05) is 24.4 Å². The quantitative estimate of drug-likeness (QED) is 0.671. The molecule has 70 valence electrons. The Labute approximate surface area is 82.0 Å². The van der Waals surface area contributed by atoms with Crippen LogP contribution in [0.4, 0.5) is 0 Å². The lowest BCUT2D eigenvalue weighted by Gasteiger charge is -2.04. The maximum Gasteiger partial charge on any atom is 0.150 e. The Morgan fingerprint density at radius 1 is 1.29 bits per heavy atom. The minimum absolute atomic E-state index is 0.691. The summed E-state index contributed by atoms with van der Waals surface area (Å²) in [6.45, 7) is 0. The fraction of sp³-hybridized carbons (Fsp3) is 0.0909. The first kappa shape index (κ1) is 8.69. The third-order valence-corrected chi connectivity index (χ3v) is 2.18. The summed E-state index contributed by atoms with van der Waals surface area (Å²) in [7, 11) is 1.86. The predicted octanol–water partition coefficient (Wildman–Crippen LogP) is 1.90. The molecule has 0 fully saturated rings. The molecule has 0 aliphatic carbocycles. The van der Waals surface area contributed by atoms with Crippen molar-refractivity contribution in [3.8, 4) is 11.3 Å². The van der Waals surface area contributed by atoms with Gasteiger partial charge in [-0.1, -0.05) is 24.3 Å². The Morgan fingerprint density at radius 3 is 2.71 bits per heavy atom. The lowest BCUT2D eigenvalue weighted by atomic mass is 10.1. The van der Waals surface area contributed by atoms with Gasteiger partial charge in [0.1, 0.15) is 0 Å². The van der Waals surface area contributed by atoms with Crippen LogP contribution in [0.15, 0.2) is 36.5 Å². The minimum atomic E-state index is 0.691. The van der Waals surface area contributed by atoms with Gasteiger partial charge in [0.15, 0.2) is 6.29 Å². The van der Waals surface area contributed by atoms with E-state index in [0.29, 0.717) is 5.56 Å². The number of carbonyl (C=O) groups excluding carboxylic acids is 1. The van der Waals surface area contributed by atoms with E-state index in [2.05, 4.69) is 5.10 Å². The van der Waals surface area contributed by atoms with Gasteiger partial charge in [0.05, 0.1) is 5.69 Å². The Bertz CT molecular complexity index is 460. The van der Waals surface area contributed by atoms with Crippen molar-refractivity contribution in [3.63, 3.8) is 0 Å². The summed E-state index contributed by atoms with van der Waals surface area (Å²) in [6.07, 6.45) is 2.58. The molecule has 0 atom stereocenters. The van der Waals surface area contributed by atoms with Crippen LogP contribution in [0.2, 0.25) is 0 Å². The number of aromatic nitrogens is 2. The van der Waals surface area contributed by atoms with Gasteiger partial charge in [0.25, 0.3) is 0 Å². The smallest absolute Gasteiger partial charge is 0.150 e. The van der Waals surface area contributed by atoms with Gasteiger partial charge in [-0.05, 0) is 6.07 Å². The van der Waals surface area contributed by atoms with Crippen molar-refractivity contribution in [2.75, 3.05) is 0 Å². The standard InChI is InChI=1S/C11H10N2O/c1-13-11(6-7-12-13)10-5-3-2-4-9(10)8-14/h2-8H,1H3. The number of hydrogen-bond acceptors (Lipinski definition) is 2. The Kier molecular flexibility index (Phi) is 2.14. The third-order valence-electron chi connectivity index (χ3n) is 2.18. The van der Waals surface area contributed by atoms with Crippen molar-refractivity contribution in [1.29, 1.82) is 0 Å². The van der Waals surface area contributed by atoms with Gasteiger partial charge in [0.2, 0.25) is 0 Å². The van der Waals surface area contributed by atoms with E-state index in [1.807, 2.05) is 31.3 Å². The summed E-state index contributed by atoms with van der Waals surface area (Å²) in [5, 5.41) is 4.07. The molecule has 0 aliphatic rings. The molecule has 0 aliphatic heterocycles. The van der Waals surface area contributed by atoms with Gasteiger partial charge in [-0.15, -0.1) is 0 Å². The van der Waals surface area contributed by atoms with E-state index in [1.165, 1.54) is 0 Å². The number of aryl methyl sites for hydroxylation is 1. The molecule has 3 nitrogen and oxygen atoms in total. The Morgan fingerprint density at radius 2 is 2.07 bits per heavy atom. The first-order valence-electron chi connectivity index (χ1n) is 4.35. The third kappa shape index (κ3) is 1.33. The van der Waals surface area contributed by atoms with Crippen LogP contribution < -0.4 is 0 Å². The van der Waals surface area contributed by atoms with E-state index in [4.69, 9.17) is 0 Å². The molecule has 1 aromatic carbocycles. The summed E-state index contributed by atoms with van der Waals surface area (Å²) in [5.41, 5.74) is 2.56. The topological polar surface area (TPSA) is 34.9 Å². The molecule has 0 saturated carbocycles. The second-order valence-electron chi connectivity index (χ2n) is 3.05. The number of benzene rings is 1. The van der Waals surface area contributed by atoms with E-state index in [-0.39, 0.29) is 0 Å². The van der Waals surface area contributed by atoms with Crippen molar-refractivity contribution in [2.24, 2.45) is 7.05 Å². The monoisotopic (exact) mass is 186 g/mol. The van der Waals surface area contributed by atoms with Gasteiger partial charge < -0.3 is 0 Å². The molecule has 1 heterocycles. The van der Waals surface area contributed by atoms with Crippen molar-refractivity contribution in [3.05, 3.63) is 42.1 Å². The normalized spacial score (nSPS) is 10.1. The number of carbonyl (C=O) groups is 1. The molecule has 2 rings (SSSR count). The van der Waals surface area contributed by atoms with Crippen LogP contribution in [0.1, 0.15) is 10.4 Å². The average molecular weight is 186 g/mol. The Balaban J connectivity index is 2.62. The van der Waals surface area contributed by atoms with E-state index < -0.39 is 0 Å². The molecular weight excluding hydrogens is 176 g/mol. The molecule has 0 bridgehead atoms. The van der Waals surface area contributed by atoms with Crippen LogP contribution in [-0.2, 0) is 7.05 Å². The first-order valence-corrected chi connectivity index (χ1v) is 4.35.